The molecule has 0 spiro atoms. The van der Waals surface area contributed by atoms with Crippen molar-refractivity contribution in [3.63, 3.8) is 0 Å². The number of methoxy groups -OCH3 is 1. The number of ether oxygens (including phenoxy) is 2. The summed E-state index contributed by atoms with van der Waals surface area (Å²) in [5.74, 6) is -0.272. The van der Waals surface area contributed by atoms with Gasteiger partial charge in [-0.05, 0) is 68.3 Å². The molecule has 0 saturated heterocycles. The van der Waals surface area contributed by atoms with Crippen LogP contribution in [0.2, 0.25) is 0 Å². The number of carbonyl (C=O) groups excluding carboxylic acids is 2. The Morgan fingerprint density at radius 2 is 1.78 bits per heavy atom. The number of carbonyl (C=O) groups is 2. The number of amides is 2. The molecular formula is C29H28N4O4. The van der Waals surface area contributed by atoms with Gasteiger partial charge in [0.15, 0.2) is 0 Å². The fourth-order valence-corrected chi connectivity index (χ4v) is 4.16. The summed E-state index contributed by atoms with van der Waals surface area (Å²) in [5.41, 5.74) is 3.62. The van der Waals surface area contributed by atoms with Crippen LogP contribution in [0.15, 0.2) is 77.5 Å². The van der Waals surface area contributed by atoms with Crippen molar-refractivity contribution in [3.8, 4) is 28.8 Å². The van der Waals surface area contributed by atoms with Crippen molar-refractivity contribution in [2.45, 2.75) is 20.3 Å². The van der Waals surface area contributed by atoms with Crippen LogP contribution in [0.5, 0.6) is 5.75 Å². The number of rotatable bonds is 9. The lowest BCUT2D eigenvalue weighted by atomic mass is 9.93. The first-order valence-electron chi connectivity index (χ1n) is 12.0. The molecule has 0 saturated carbocycles. The molecule has 0 N–H and O–H groups in total. The van der Waals surface area contributed by atoms with E-state index >= 15 is 0 Å². The zero-order chi connectivity index (χ0) is 26.4. The van der Waals surface area contributed by atoms with E-state index in [1.54, 1.807) is 24.8 Å². The number of imide groups is 1. The minimum absolute atomic E-state index is 0.0404. The van der Waals surface area contributed by atoms with Gasteiger partial charge in [-0.2, -0.15) is 10.4 Å². The van der Waals surface area contributed by atoms with Gasteiger partial charge in [0.25, 0.3) is 11.8 Å². The Morgan fingerprint density at radius 3 is 2.43 bits per heavy atom. The zero-order valence-corrected chi connectivity index (χ0v) is 21.1. The SMILES string of the molecule is CCOc1ccc(-c2nn(-c3ccccc3)cc2/C=C2/C(=O)N(CCCOC)C(=O)C(C#N)=C2C)cc1. The van der Waals surface area contributed by atoms with Gasteiger partial charge < -0.3 is 9.47 Å². The highest BCUT2D eigenvalue weighted by Crippen LogP contribution is 2.32. The molecule has 0 bridgehead atoms. The molecule has 188 valence electrons. The van der Waals surface area contributed by atoms with E-state index in [-0.39, 0.29) is 17.7 Å². The molecule has 4 rings (SSSR count). The molecule has 1 aliphatic heterocycles. The maximum atomic E-state index is 13.5. The quantitative estimate of drug-likeness (QED) is 0.245. The first kappa shape index (κ1) is 25.6. The highest BCUT2D eigenvalue weighted by molar-refractivity contribution is 6.19. The van der Waals surface area contributed by atoms with E-state index in [0.29, 0.717) is 36.5 Å². The molecule has 8 heteroatoms. The molecule has 1 aromatic heterocycles. The maximum Gasteiger partial charge on any atom is 0.271 e. The molecule has 8 nitrogen and oxygen atoms in total. The van der Waals surface area contributed by atoms with E-state index < -0.39 is 11.8 Å². The maximum absolute atomic E-state index is 13.5. The molecule has 0 aliphatic carbocycles. The molecule has 37 heavy (non-hydrogen) atoms. The van der Waals surface area contributed by atoms with Gasteiger partial charge in [0.2, 0.25) is 0 Å². The van der Waals surface area contributed by atoms with Crippen molar-refractivity contribution in [2.75, 3.05) is 26.9 Å². The third kappa shape index (κ3) is 5.37. The summed E-state index contributed by atoms with van der Waals surface area (Å²) in [6, 6.07) is 19.2. The van der Waals surface area contributed by atoms with E-state index in [4.69, 9.17) is 14.6 Å². The Hall–Kier alpha value is -4.48. The van der Waals surface area contributed by atoms with E-state index in [1.165, 1.54) is 0 Å². The average Bonchev–Trinajstić information content (AvgIpc) is 3.34. The highest BCUT2D eigenvalue weighted by Gasteiger charge is 2.35. The summed E-state index contributed by atoms with van der Waals surface area (Å²) in [6.45, 7) is 4.68. The molecule has 0 unspecified atom stereocenters. The van der Waals surface area contributed by atoms with Crippen LogP contribution in [0, 0.1) is 11.3 Å². The van der Waals surface area contributed by atoms with Gasteiger partial charge in [0, 0.05) is 43.2 Å². The van der Waals surface area contributed by atoms with Gasteiger partial charge in [-0.15, -0.1) is 0 Å². The predicted molar refractivity (Wildman–Crippen MR) is 140 cm³/mol. The van der Waals surface area contributed by atoms with Crippen LogP contribution in [-0.4, -0.2) is 53.4 Å². The highest BCUT2D eigenvalue weighted by atomic mass is 16.5. The summed E-state index contributed by atoms with van der Waals surface area (Å²) in [6.07, 6.45) is 4.03. The van der Waals surface area contributed by atoms with E-state index in [0.717, 1.165) is 21.9 Å². The van der Waals surface area contributed by atoms with Gasteiger partial charge in [0.1, 0.15) is 17.4 Å². The lowest BCUT2D eigenvalue weighted by Gasteiger charge is -2.27. The normalized spacial score (nSPS) is 14.9. The van der Waals surface area contributed by atoms with Gasteiger partial charge in [-0.25, -0.2) is 4.68 Å². The summed E-state index contributed by atoms with van der Waals surface area (Å²) < 4.78 is 12.4. The average molecular weight is 497 g/mol. The van der Waals surface area contributed by atoms with Gasteiger partial charge >= 0.3 is 0 Å². The molecular weight excluding hydrogens is 468 g/mol. The van der Waals surface area contributed by atoms with Gasteiger partial charge in [0.05, 0.1) is 18.0 Å². The van der Waals surface area contributed by atoms with E-state index in [9.17, 15) is 14.9 Å². The summed E-state index contributed by atoms with van der Waals surface area (Å²) in [5, 5.41) is 14.5. The number of aromatic nitrogens is 2. The molecule has 2 heterocycles. The standard InChI is InChI=1S/C29H28N4O4/c1-4-37-24-13-11-21(12-14-24)27-22(19-33(31-27)23-9-6-5-7-10-23)17-25-20(2)26(18-30)29(35)32(28(25)34)15-8-16-36-3/h5-7,9-14,17,19H,4,8,15-16H2,1-3H3/b25-17+. The van der Waals surface area contributed by atoms with Crippen LogP contribution in [0.25, 0.3) is 23.0 Å². The Kier molecular flexibility index (Phi) is 7.96. The van der Waals surface area contributed by atoms with Crippen LogP contribution < -0.4 is 4.74 Å². The number of nitrogens with zero attached hydrogens (tertiary/aromatic N) is 4. The summed E-state index contributed by atoms with van der Waals surface area (Å²) >= 11 is 0. The first-order chi connectivity index (χ1) is 18.0. The van der Waals surface area contributed by atoms with Crippen LogP contribution >= 0.6 is 0 Å². The number of hydrogen-bond acceptors (Lipinski definition) is 6. The Balaban J connectivity index is 1.84. The molecule has 0 fully saturated rings. The topological polar surface area (TPSA) is 97.4 Å². The van der Waals surface area contributed by atoms with Crippen molar-refractivity contribution >= 4 is 17.9 Å². The fraction of sp³-hybridized carbons (Fsp3) is 0.241. The van der Waals surface area contributed by atoms with Gasteiger partial charge in [-0.3, -0.25) is 14.5 Å². The number of hydrogen-bond donors (Lipinski definition) is 0. The third-order valence-electron chi connectivity index (χ3n) is 6.06. The van der Waals surface area contributed by atoms with Crippen molar-refractivity contribution in [1.29, 1.82) is 5.26 Å². The zero-order valence-electron chi connectivity index (χ0n) is 21.1. The molecule has 2 amide bonds. The minimum atomic E-state index is -0.579. The first-order valence-corrected chi connectivity index (χ1v) is 12.0. The predicted octanol–water partition coefficient (Wildman–Crippen LogP) is 4.57. The Labute approximate surface area is 216 Å². The van der Waals surface area contributed by atoms with Crippen LogP contribution in [0.1, 0.15) is 25.8 Å². The molecule has 0 radical (unpaired) electrons. The Morgan fingerprint density at radius 1 is 1.05 bits per heavy atom. The van der Waals surface area contributed by atoms with Gasteiger partial charge in [-0.1, -0.05) is 18.2 Å². The lowest BCUT2D eigenvalue weighted by Crippen LogP contribution is -2.43. The van der Waals surface area contributed by atoms with Crippen molar-refractivity contribution in [2.24, 2.45) is 0 Å². The second-order valence-electron chi connectivity index (χ2n) is 8.45. The lowest BCUT2D eigenvalue weighted by molar-refractivity contribution is -0.140. The fourth-order valence-electron chi connectivity index (χ4n) is 4.16. The molecule has 0 atom stereocenters. The van der Waals surface area contributed by atoms with Crippen LogP contribution in [0.3, 0.4) is 0 Å². The van der Waals surface area contributed by atoms with Crippen LogP contribution in [0.4, 0.5) is 0 Å². The smallest absolute Gasteiger partial charge is 0.271 e. The van der Waals surface area contributed by atoms with Crippen molar-refractivity contribution in [3.05, 3.63) is 83.1 Å². The summed E-state index contributed by atoms with van der Waals surface area (Å²) in [4.78, 5) is 27.4. The van der Waals surface area contributed by atoms with E-state index in [2.05, 4.69) is 0 Å². The van der Waals surface area contributed by atoms with Crippen molar-refractivity contribution < 1.29 is 19.1 Å². The number of nitriles is 1. The molecule has 1 aliphatic rings. The van der Waals surface area contributed by atoms with E-state index in [1.807, 2.05) is 73.8 Å². The third-order valence-corrected chi connectivity index (χ3v) is 6.06. The summed E-state index contributed by atoms with van der Waals surface area (Å²) in [7, 11) is 1.56. The van der Waals surface area contributed by atoms with Crippen LogP contribution in [-0.2, 0) is 14.3 Å². The number of para-hydroxylation sites is 1. The number of benzene rings is 2. The second-order valence-corrected chi connectivity index (χ2v) is 8.45. The largest absolute Gasteiger partial charge is 0.494 e. The molecule has 3 aromatic rings. The minimum Gasteiger partial charge on any atom is -0.494 e. The van der Waals surface area contributed by atoms with Crippen molar-refractivity contribution in [1.82, 2.24) is 14.7 Å². The Bertz CT molecular complexity index is 1400. The monoisotopic (exact) mass is 496 g/mol. The second kappa shape index (κ2) is 11.5. The molecule has 2 aromatic carbocycles.